The van der Waals surface area contributed by atoms with Crippen molar-refractivity contribution in [2.75, 3.05) is 46.3 Å². The second kappa shape index (κ2) is 19.1. The molecule has 3 atom stereocenters. The molecule has 6 aromatic rings. The monoisotopic (exact) mass is 850 g/mol. The first-order chi connectivity index (χ1) is 30.7. The van der Waals surface area contributed by atoms with Crippen LogP contribution in [0.25, 0.3) is 11.1 Å². The van der Waals surface area contributed by atoms with Crippen molar-refractivity contribution in [1.29, 1.82) is 0 Å². The summed E-state index contributed by atoms with van der Waals surface area (Å²) >= 11 is 0. The minimum atomic E-state index is -1.13. The van der Waals surface area contributed by atoms with E-state index in [9.17, 15) is 19.5 Å². The summed E-state index contributed by atoms with van der Waals surface area (Å²) in [5.41, 5.74) is 5.28. The SMILES string of the molecule is COc1ccc(C(OC[C@H]2O[C@@H](n3ccc(NC(=O)CCCN(C)C(=O)OCC4c5ccccc5-c5ccccc54)nc3=O)CC2O)(c2ccccc2)c2ccc(OC)cc2)cc1. The van der Waals surface area contributed by atoms with Gasteiger partial charge in [-0.15, -0.1) is 0 Å². The lowest BCUT2D eigenvalue weighted by atomic mass is 9.80. The molecule has 2 N–H and O–H groups in total. The molecule has 2 aliphatic rings. The van der Waals surface area contributed by atoms with Crippen molar-refractivity contribution in [3.05, 3.63) is 178 Å². The Morgan fingerprint density at radius 3 is 1.95 bits per heavy atom. The van der Waals surface area contributed by atoms with E-state index < -0.39 is 35.8 Å². The number of aliphatic hydroxyl groups excluding tert-OH is 1. The van der Waals surface area contributed by atoms with Crippen molar-refractivity contribution in [1.82, 2.24) is 14.5 Å². The number of aliphatic hydroxyl groups is 1. The number of carbonyl (C=O) groups excluding carboxylic acids is 2. The Balaban J connectivity index is 0.866. The molecule has 13 nitrogen and oxygen atoms in total. The van der Waals surface area contributed by atoms with Crippen LogP contribution >= 0.6 is 0 Å². The van der Waals surface area contributed by atoms with Crippen LogP contribution in [0.4, 0.5) is 10.6 Å². The van der Waals surface area contributed by atoms with Gasteiger partial charge >= 0.3 is 11.8 Å². The molecule has 0 saturated carbocycles. The Labute approximate surface area is 365 Å². The maximum Gasteiger partial charge on any atom is 0.409 e. The maximum atomic E-state index is 13.3. The van der Waals surface area contributed by atoms with E-state index in [0.29, 0.717) is 17.9 Å². The van der Waals surface area contributed by atoms with Gasteiger partial charge in [0.25, 0.3) is 0 Å². The molecule has 1 saturated heterocycles. The molecular weight excluding hydrogens is 801 g/mol. The summed E-state index contributed by atoms with van der Waals surface area (Å²) in [5.74, 6) is 1.05. The van der Waals surface area contributed by atoms with Crippen LogP contribution in [0.1, 0.15) is 59.2 Å². The zero-order valence-electron chi connectivity index (χ0n) is 35.4. The molecule has 2 amide bonds. The lowest BCUT2D eigenvalue weighted by Gasteiger charge is -2.37. The average Bonchev–Trinajstić information content (AvgIpc) is 3.85. The maximum absolute atomic E-state index is 13.3. The lowest BCUT2D eigenvalue weighted by molar-refractivity contribution is -0.116. The first-order valence-corrected chi connectivity index (χ1v) is 21.0. The summed E-state index contributed by atoms with van der Waals surface area (Å²) in [6.07, 6.45) is -1.02. The van der Waals surface area contributed by atoms with E-state index >= 15 is 0 Å². The topological polar surface area (TPSA) is 151 Å². The van der Waals surface area contributed by atoms with Crippen LogP contribution < -0.4 is 20.5 Å². The number of anilines is 1. The molecular formula is C50H50N4O9. The van der Waals surface area contributed by atoms with Gasteiger partial charge in [-0.1, -0.05) is 103 Å². The molecule has 2 heterocycles. The first-order valence-electron chi connectivity index (χ1n) is 21.0. The first kappa shape index (κ1) is 42.9. The lowest BCUT2D eigenvalue weighted by Crippen LogP contribution is -2.38. The number of benzene rings is 5. The van der Waals surface area contributed by atoms with Gasteiger partial charge in [-0.2, -0.15) is 4.98 Å². The highest BCUT2D eigenvalue weighted by Crippen LogP contribution is 2.45. The second-order valence-corrected chi connectivity index (χ2v) is 15.6. The molecule has 0 radical (unpaired) electrons. The fourth-order valence-electron chi connectivity index (χ4n) is 8.50. The fourth-order valence-corrected chi connectivity index (χ4v) is 8.50. The van der Waals surface area contributed by atoms with E-state index in [1.807, 2.05) is 103 Å². The number of ether oxygens (including phenoxy) is 5. The van der Waals surface area contributed by atoms with Gasteiger partial charge in [0, 0.05) is 38.5 Å². The van der Waals surface area contributed by atoms with Gasteiger partial charge in [-0.25, -0.2) is 9.59 Å². The van der Waals surface area contributed by atoms with Crippen molar-refractivity contribution in [3.8, 4) is 22.6 Å². The molecule has 1 aliphatic carbocycles. The minimum Gasteiger partial charge on any atom is -0.497 e. The van der Waals surface area contributed by atoms with Crippen molar-refractivity contribution >= 4 is 17.8 Å². The third-order valence-electron chi connectivity index (χ3n) is 11.8. The third-order valence-corrected chi connectivity index (χ3v) is 11.8. The highest BCUT2D eigenvalue weighted by molar-refractivity contribution is 5.89. The zero-order valence-corrected chi connectivity index (χ0v) is 35.4. The molecule has 63 heavy (non-hydrogen) atoms. The number of rotatable bonds is 16. The van der Waals surface area contributed by atoms with E-state index in [2.05, 4.69) is 34.6 Å². The molecule has 0 bridgehead atoms. The Morgan fingerprint density at radius 1 is 0.794 bits per heavy atom. The smallest absolute Gasteiger partial charge is 0.409 e. The number of amides is 2. The van der Waals surface area contributed by atoms with Crippen LogP contribution in [0, 0.1) is 0 Å². The molecule has 1 aromatic heterocycles. The molecule has 8 rings (SSSR count). The van der Waals surface area contributed by atoms with Gasteiger partial charge in [-0.3, -0.25) is 9.36 Å². The van der Waals surface area contributed by atoms with Crippen molar-refractivity contribution in [3.63, 3.8) is 0 Å². The normalized spacial score (nSPS) is 16.8. The van der Waals surface area contributed by atoms with Crippen LogP contribution in [0.5, 0.6) is 11.5 Å². The van der Waals surface area contributed by atoms with Crippen molar-refractivity contribution < 1.29 is 38.4 Å². The number of fused-ring (bicyclic) bond motifs is 3. The van der Waals surface area contributed by atoms with E-state index in [1.165, 1.54) is 21.7 Å². The van der Waals surface area contributed by atoms with Gasteiger partial charge < -0.3 is 39.0 Å². The standard InChI is InChI=1S/C50H50N4O9/c1-53(49(58)61-31-42-40-16-9-7-14-38(40)39-15-8-10-17-41(39)42)28-11-18-46(56)51-45-27-29-54(48(57)52-45)47-30-43(55)44(63-47)32-62-50(33-12-5-4-6-13-33,34-19-23-36(59-2)24-20-34)35-21-25-37(60-3)26-22-35/h4-10,12-17,19-27,29,42-44,47,55H,11,18,28,30-32H2,1-3H3,(H,51,52,56,57)/t43?,44-,47-/m1/s1. The predicted molar refractivity (Wildman–Crippen MR) is 237 cm³/mol. The van der Waals surface area contributed by atoms with E-state index in [0.717, 1.165) is 38.9 Å². The summed E-state index contributed by atoms with van der Waals surface area (Å²) < 4.78 is 31.2. The zero-order chi connectivity index (χ0) is 43.9. The van der Waals surface area contributed by atoms with E-state index in [4.69, 9.17) is 23.7 Å². The second-order valence-electron chi connectivity index (χ2n) is 15.6. The number of hydrogen-bond donors (Lipinski definition) is 2. The molecule has 1 aliphatic heterocycles. The summed E-state index contributed by atoms with van der Waals surface area (Å²) in [4.78, 5) is 44.6. The Kier molecular flexibility index (Phi) is 13.0. The highest BCUT2D eigenvalue weighted by atomic mass is 16.6. The van der Waals surface area contributed by atoms with Crippen LogP contribution in [-0.4, -0.2) is 84.8 Å². The van der Waals surface area contributed by atoms with Crippen LogP contribution in [0.2, 0.25) is 0 Å². The third kappa shape index (κ3) is 9.08. The number of aromatic nitrogens is 2. The quantitative estimate of drug-likeness (QED) is 0.0937. The van der Waals surface area contributed by atoms with Crippen LogP contribution in [0.15, 0.2) is 144 Å². The molecule has 1 unspecified atom stereocenters. The summed E-state index contributed by atoms with van der Waals surface area (Å²) in [5, 5.41) is 13.9. The van der Waals surface area contributed by atoms with E-state index in [1.54, 1.807) is 21.3 Å². The number of carbonyl (C=O) groups is 2. The largest absolute Gasteiger partial charge is 0.497 e. The van der Waals surface area contributed by atoms with Crippen molar-refractivity contribution in [2.24, 2.45) is 0 Å². The van der Waals surface area contributed by atoms with Crippen LogP contribution in [-0.2, 0) is 24.6 Å². The van der Waals surface area contributed by atoms with Gasteiger partial charge in [-0.05, 0) is 75.7 Å². The average molecular weight is 851 g/mol. The number of methoxy groups -OCH3 is 2. The Hall–Kier alpha value is -6.80. The summed E-state index contributed by atoms with van der Waals surface area (Å²) in [6.45, 7) is 0.466. The summed E-state index contributed by atoms with van der Waals surface area (Å²) in [7, 11) is 4.86. The number of nitrogens with zero attached hydrogens (tertiary/aromatic N) is 3. The predicted octanol–water partition coefficient (Wildman–Crippen LogP) is 7.52. The number of nitrogens with one attached hydrogen (secondary N) is 1. The van der Waals surface area contributed by atoms with Gasteiger partial charge in [0.15, 0.2) is 0 Å². The molecule has 1 fully saturated rings. The fraction of sp³-hybridized carbons (Fsp3) is 0.280. The van der Waals surface area contributed by atoms with Gasteiger partial charge in [0.1, 0.15) is 41.9 Å². The Bertz CT molecular complexity index is 2490. The van der Waals surface area contributed by atoms with Gasteiger partial charge in [0.2, 0.25) is 5.91 Å². The number of hydrogen-bond acceptors (Lipinski definition) is 10. The van der Waals surface area contributed by atoms with E-state index in [-0.39, 0.29) is 50.2 Å². The Morgan fingerprint density at radius 2 is 1.37 bits per heavy atom. The van der Waals surface area contributed by atoms with Crippen molar-refractivity contribution in [2.45, 2.75) is 49.2 Å². The summed E-state index contributed by atoms with van der Waals surface area (Å²) in [6, 6.07) is 42.9. The van der Waals surface area contributed by atoms with Gasteiger partial charge in [0.05, 0.1) is 26.9 Å². The van der Waals surface area contributed by atoms with Crippen LogP contribution in [0.3, 0.4) is 0 Å². The minimum absolute atomic E-state index is 0.0303. The molecule has 324 valence electrons. The molecule has 13 heteroatoms. The molecule has 0 spiro atoms. The molecule has 5 aromatic carbocycles. The highest BCUT2D eigenvalue weighted by Gasteiger charge is 2.42.